The molecule has 1 rings (SSSR count). The van der Waals surface area contributed by atoms with Gasteiger partial charge in [-0.05, 0) is 19.8 Å². The zero-order chi connectivity index (χ0) is 10.8. The molecule has 1 saturated heterocycles. The van der Waals surface area contributed by atoms with Crippen LogP contribution in [-0.2, 0) is 4.79 Å². The summed E-state index contributed by atoms with van der Waals surface area (Å²) in [6, 6.07) is -0.605. The number of likely N-dealkylation sites (tertiary alicyclic amines) is 1. The summed E-state index contributed by atoms with van der Waals surface area (Å²) in [7, 11) is 0. The van der Waals surface area contributed by atoms with E-state index in [4.69, 9.17) is 10.8 Å². The van der Waals surface area contributed by atoms with Gasteiger partial charge in [-0.2, -0.15) is 0 Å². The Morgan fingerprint density at radius 1 is 1.57 bits per heavy atom. The van der Waals surface area contributed by atoms with E-state index in [9.17, 15) is 9.90 Å². The van der Waals surface area contributed by atoms with Gasteiger partial charge in [0.2, 0.25) is 0 Å². The molecule has 4 N–H and O–H groups in total. The number of aliphatic carboxylic acids is 1. The van der Waals surface area contributed by atoms with E-state index >= 15 is 0 Å². The van der Waals surface area contributed by atoms with Crippen molar-refractivity contribution in [3.63, 3.8) is 0 Å². The average Bonchev–Trinajstić information content (AvgIpc) is 2.08. The van der Waals surface area contributed by atoms with Gasteiger partial charge in [-0.1, -0.05) is 0 Å². The summed E-state index contributed by atoms with van der Waals surface area (Å²) in [4.78, 5) is 12.6. The lowest BCUT2D eigenvalue weighted by atomic mass is 9.93. The van der Waals surface area contributed by atoms with Crippen LogP contribution in [0.25, 0.3) is 0 Å². The van der Waals surface area contributed by atoms with Crippen molar-refractivity contribution in [2.24, 2.45) is 5.73 Å². The van der Waals surface area contributed by atoms with Crippen LogP contribution in [-0.4, -0.2) is 52.4 Å². The minimum atomic E-state index is -0.881. The summed E-state index contributed by atoms with van der Waals surface area (Å²) in [5, 5.41) is 18.6. The van der Waals surface area contributed by atoms with Gasteiger partial charge in [0, 0.05) is 19.6 Å². The van der Waals surface area contributed by atoms with E-state index in [1.165, 1.54) is 0 Å². The first-order valence-corrected chi connectivity index (χ1v) is 4.85. The largest absolute Gasteiger partial charge is 0.480 e. The third-order valence-electron chi connectivity index (χ3n) is 2.82. The van der Waals surface area contributed by atoms with Crippen LogP contribution in [0.15, 0.2) is 0 Å². The molecule has 0 aromatic carbocycles. The molecular weight excluding hydrogens is 184 g/mol. The van der Waals surface area contributed by atoms with Gasteiger partial charge in [0.25, 0.3) is 0 Å². The zero-order valence-corrected chi connectivity index (χ0v) is 8.44. The summed E-state index contributed by atoms with van der Waals surface area (Å²) in [5.74, 6) is -0.881. The molecule has 1 atom stereocenters. The van der Waals surface area contributed by atoms with E-state index in [1.807, 2.05) is 4.90 Å². The number of carboxylic acid groups (broad SMARTS) is 1. The fraction of sp³-hybridized carbons (Fsp3) is 0.889. The van der Waals surface area contributed by atoms with E-state index < -0.39 is 17.6 Å². The molecule has 1 unspecified atom stereocenters. The second kappa shape index (κ2) is 4.25. The van der Waals surface area contributed by atoms with Crippen molar-refractivity contribution in [2.45, 2.75) is 31.4 Å². The molecule has 0 spiro atoms. The molecule has 1 aliphatic rings. The van der Waals surface area contributed by atoms with Crippen molar-refractivity contribution in [1.29, 1.82) is 0 Å². The molecule has 0 amide bonds. The molecule has 0 aliphatic carbocycles. The van der Waals surface area contributed by atoms with Crippen LogP contribution >= 0.6 is 0 Å². The van der Waals surface area contributed by atoms with Gasteiger partial charge in [-0.15, -0.1) is 0 Å². The Morgan fingerprint density at radius 2 is 2.07 bits per heavy atom. The Morgan fingerprint density at radius 3 is 2.43 bits per heavy atom. The zero-order valence-electron chi connectivity index (χ0n) is 8.44. The molecule has 0 aromatic rings. The maximum absolute atomic E-state index is 10.8. The number of nitrogens with zero attached hydrogens (tertiary/aromatic N) is 1. The Balaban J connectivity index is 2.51. The van der Waals surface area contributed by atoms with Crippen molar-refractivity contribution < 1.29 is 15.0 Å². The van der Waals surface area contributed by atoms with E-state index in [0.29, 0.717) is 25.9 Å². The summed E-state index contributed by atoms with van der Waals surface area (Å²) in [6.45, 7) is 3.10. The Labute approximate surface area is 83.5 Å². The normalized spacial score (nSPS) is 24.5. The third kappa shape index (κ3) is 2.67. The van der Waals surface area contributed by atoms with E-state index in [0.717, 1.165) is 0 Å². The van der Waals surface area contributed by atoms with Crippen LogP contribution < -0.4 is 5.73 Å². The van der Waals surface area contributed by atoms with Crippen molar-refractivity contribution in [2.75, 3.05) is 19.6 Å². The molecule has 1 fully saturated rings. The number of aliphatic hydroxyl groups is 1. The monoisotopic (exact) mass is 202 g/mol. The molecule has 1 aliphatic heterocycles. The Hall–Kier alpha value is -0.650. The van der Waals surface area contributed by atoms with Crippen molar-refractivity contribution in [3.05, 3.63) is 0 Å². The Bertz CT molecular complexity index is 208. The SMILES string of the molecule is CC1(O)CCN(C(CN)C(=O)O)CC1. The van der Waals surface area contributed by atoms with Crippen LogP contribution in [0.4, 0.5) is 0 Å². The number of hydrogen-bond donors (Lipinski definition) is 3. The topological polar surface area (TPSA) is 86.8 Å². The summed E-state index contributed by atoms with van der Waals surface area (Å²) in [5.41, 5.74) is 4.74. The molecule has 0 bridgehead atoms. The predicted octanol–water partition coefficient (Wildman–Crippen LogP) is -0.755. The average molecular weight is 202 g/mol. The first-order chi connectivity index (χ1) is 6.46. The predicted molar refractivity (Wildman–Crippen MR) is 51.9 cm³/mol. The fourth-order valence-electron chi connectivity index (χ4n) is 1.72. The molecule has 0 radical (unpaired) electrons. The number of carbonyl (C=O) groups is 1. The highest BCUT2D eigenvalue weighted by Crippen LogP contribution is 2.22. The van der Waals surface area contributed by atoms with E-state index in [2.05, 4.69) is 0 Å². The van der Waals surface area contributed by atoms with Gasteiger partial charge in [-0.3, -0.25) is 9.69 Å². The standard InChI is InChI=1S/C9H18N2O3/c1-9(14)2-4-11(5-3-9)7(6-10)8(12)13/h7,14H,2-6,10H2,1H3,(H,12,13). The molecule has 5 heteroatoms. The van der Waals surface area contributed by atoms with Gasteiger partial charge in [-0.25, -0.2) is 0 Å². The van der Waals surface area contributed by atoms with Gasteiger partial charge in [0.15, 0.2) is 0 Å². The molecule has 82 valence electrons. The quantitative estimate of drug-likeness (QED) is 0.560. The summed E-state index contributed by atoms with van der Waals surface area (Å²) in [6.07, 6.45) is 1.22. The van der Waals surface area contributed by atoms with Crippen LogP contribution in [0.1, 0.15) is 19.8 Å². The highest BCUT2D eigenvalue weighted by molar-refractivity contribution is 5.73. The maximum atomic E-state index is 10.8. The number of carboxylic acids is 1. The van der Waals surface area contributed by atoms with E-state index in [-0.39, 0.29) is 6.54 Å². The number of rotatable bonds is 3. The highest BCUT2D eigenvalue weighted by atomic mass is 16.4. The maximum Gasteiger partial charge on any atom is 0.322 e. The summed E-state index contributed by atoms with van der Waals surface area (Å²) >= 11 is 0. The summed E-state index contributed by atoms with van der Waals surface area (Å²) < 4.78 is 0. The number of piperidine rings is 1. The van der Waals surface area contributed by atoms with Crippen LogP contribution in [0.3, 0.4) is 0 Å². The third-order valence-corrected chi connectivity index (χ3v) is 2.82. The van der Waals surface area contributed by atoms with Crippen molar-refractivity contribution in [1.82, 2.24) is 4.90 Å². The number of hydrogen-bond acceptors (Lipinski definition) is 4. The molecule has 0 saturated carbocycles. The fourth-order valence-corrected chi connectivity index (χ4v) is 1.72. The number of nitrogens with two attached hydrogens (primary N) is 1. The highest BCUT2D eigenvalue weighted by Gasteiger charge is 2.32. The molecule has 5 nitrogen and oxygen atoms in total. The second-order valence-corrected chi connectivity index (χ2v) is 4.12. The van der Waals surface area contributed by atoms with Crippen molar-refractivity contribution in [3.8, 4) is 0 Å². The van der Waals surface area contributed by atoms with Crippen LogP contribution in [0, 0.1) is 0 Å². The van der Waals surface area contributed by atoms with Gasteiger partial charge >= 0.3 is 5.97 Å². The lowest BCUT2D eigenvalue weighted by molar-refractivity contribution is -0.144. The first-order valence-electron chi connectivity index (χ1n) is 4.85. The van der Waals surface area contributed by atoms with Gasteiger partial charge in [0.1, 0.15) is 6.04 Å². The minimum absolute atomic E-state index is 0.122. The minimum Gasteiger partial charge on any atom is -0.480 e. The van der Waals surface area contributed by atoms with Gasteiger partial charge in [0.05, 0.1) is 5.60 Å². The molecule has 1 heterocycles. The lowest BCUT2D eigenvalue weighted by Crippen LogP contribution is -2.52. The van der Waals surface area contributed by atoms with Gasteiger partial charge < -0.3 is 15.9 Å². The lowest BCUT2D eigenvalue weighted by Gasteiger charge is -2.38. The smallest absolute Gasteiger partial charge is 0.322 e. The molecule has 14 heavy (non-hydrogen) atoms. The van der Waals surface area contributed by atoms with Crippen LogP contribution in [0.2, 0.25) is 0 Å². The second-order valence-electron chi connectivity index (χ2n) is 4.12. The van der Waals surface area contributed by atoms with Crippen molar-refractivity contribution >= 4 is 5.97 Å². The molecular formula is C9H18N2O3. The van der Waals surface area contributed by atoms with Crippen LogP contribution in [0.5, 0.6) is 0 Å². The Kier molecular flexibility index (Phi) is 3.47. The van der Waals surface area contributed by atoms with E-state index in [1.54, 1.807) is 6.92 Å². The first kappa shape index (κ1) is 11.4. The molecule has 0 aromatic heterocycles.